The van der Waals surface area contributed by atoms with Gasteiger partial charge in [0.25, 0.3) is 5.91 Å². The molecule has 1 heterocycles. The first-order valence-corrected chi connectivity index (χ1v) is 8.66. The number of nitrogens with one attached hydrogen (secondary N) is 1. The van der Waals surface area contributed by atoms with Crippen LogP contribution < -0.4 is 10.4 Å². The molecule has 0 saturated carbocycles. The Morgan fingerprint density at radius 1 is 1.24 bits per heavy atom. The van der Waals surface area contributed by atoms with Crippen LogP contribution in [0.1, 0.15) is 29.4 Å². The average molecular weight is 360 g/mol. The summed E-state index contributed by atoms with van der Waals surface area (Å²) < 4.78 is 0. The van der Waals surface area contributed by atoms with Crippen molar-refractivity contribution in [1.82, 2.24) is 9.88 Å². The summed E-state index contributed by atoms with van der Waals surface area (Å²) in [5, 5.41) is 15.0. The van der Waals surface area contributed by atoms with Crippen LogP contribution in [0.3, 0.4) is 0 Å². The smallest absolute Gasteiger partial charge is 0.254 e. The Morgan fingerprint density at radius 3 is 2.60 bits per heavy atom. The number of hydrogen-bond acceptors (Lipinski definition) is 6. The van der Waals surface area contributed by atoms with Crippen LogP contribution in [0.4, 0.5) is 5.13 Å². The fourth-order valence-electron chi connectivity index (χ4n) is 2.21. The fraction of sp³-hybridized carbons (Fsp3) is 0.294. The Balaban J connectivity index is 1.99. The van der Waals surface area contributed by atoms with Crippen LogP contribution in [0.2, 0.25) is 0 Å². The van der Waals surface area contributed by atoms with E-state index in [-0.39, 0.29) is 24.8 Å². The van der Waals surface area contributed by atoms with Gasteiger partial charge in [0.15, 0.2) is 5.13 Å². The number of aliphatic carboxylic acids is 1. The second-order valence-corrected chi connectivity index (χ2v) is 6.19. The van der Waals surface area contributed by atoms with Crippen molar-refractivity contribution >= 4 is 34.3 Å². The number of carboxylic acid groups (broad SMARTS) is 1. The number of anilines is 1. The van der Waals surface area contributed by atoms with Gasteiger partial charge in [-0.25, -0.2) is 4.98 Å². The monoisotopic (exact) mass is 360 g/mol. The van der Waals surface area contributed by atoms with E-state index in [4.69, 9.17) is 0 Å². The molecule has 7 nitrogen and oxygen atoms in total. The van der Waals surface area contributed by atoms with E-state index in [9.17, 15) is 19.5 Å². The third kappa shape index (κ3) is 5.68. The summed E-state index contributed by atoms with van der Waals surface area (Å²) in [6, 6.07) is 8.77. The van der Waals surface area contributed by atoms with Crippen molar-refractivity contribution in [3.05, 3.63) is 47.0 Å². The van der Waals surface area contributed by atoms with E-state index in [2.05, 4.69) is 10.3 Å². The molecule has 0 atom stereocenters. The molecule has 0 aliphatic rings. The molecule has 1 aromatic carbocycles. The fourth-order valence-corrected chi connectivity index (χ4v) is 2.94. The van der Waals surface area contributed by atoms with Crippen LogP contribution in [0, 0.1) is 0 Å². The Morgan fingerprint density at radius 2 is 1.96 bits per heavy atom. The summed E-state index contributed by atoms with van der Waals surface area (Å²) in [4.78, 5) is 40.7. The van der Waals surface area contributed by atoms with Gasteiger partial charge in [-0.1, -0.05) is 25.1 Å². The first kappa shape index (κ1) is 18.6. The minimum atomic E-state index is -1.23. The number of amides is 2. The van der Waals surface area contributed by atoms with Gasteiger partial charge in [-0.2, -0.15) is 0 Å². The van der Waals surface area contributed by atoms with Crippen LogP contribution in [0.15, 0.2) is 35.7 Å². The van der Waals surface area contributed by atoms with Crippen molar-refractivity contribution in [3.63, 3.8) is 0 Å². The highest BCUT2D eigenvalue weighted by molar-refractivity contribution is 7.13. The minimum absolute atomic E-state index is 0.100. The molecule has 8 heteroatoms. The van der Waals surface area contributed by atoms with Gasteiger partial charge in [0, 0.05) is 29.9 Å². The van der Waals surface area contributed by atoms with Crippen LogP contribution in [-0.4, -0.2) is 40.8 Å². The molecule has 0 unspecified atom stereocenters. The maximum atomic E-state index is 12.5. The van der Waals surface area contributed by atoms with Crippen LogP contribution in [-0.2, 0) is 16.0 Å². The number of carboxylic acids is 1. The zero-order chi connectivity index (χ0) is 18.2. The van der Waals surface area contributed by atoms with Gasteiger partial charge < -0.3 is 20.1 Å². The Labute approximate surface area is 149 Å². The first-order valence-electron chi connectivity index (χ1n) is 7.78. The van der Waals surface area contributed by atoms with Crippen molar-refractivity contribution in [2.45, 2.75) is 19.8 Å². The SMILES string of the molecule is CCCN(CC(=O)Nc1nc(CC(=O)[O-])cs1)C(=O)c1ccccc1. The van der Waals surface area contributed by atoms with Crippen molar-refractivity contribution in [2.75, 3.05) is 18.4 Å². The number of aromatic nitrogens is 1. The molecule has 0 spiro atoms. The molecule has 132 valence electrons. The van der Waals surface area contributed by atoms with Crippen molar-refractivity contribution in [3.8, 4) is 0 Å². The van der Waals surface area contributed by atoms with Crippen LogP contribution in [0.25, 0.3) is 0 Å². The largest absolute Gasteiger partial charge is 0.550 e. The van der Waals surface area contributed by atoms with Crippen LogP contribution >= 0.6 is 11.3 Å². The highest BCUT2D eigenvalue weighted by Crippen LogP contribution is 2.16. The predicted octanol–water partition coefficient (Wildman–Crippen LogP) is 0.926. The maximum absolute atomic E-state index is 12.5. The lowest BCUT2D eigenvalue weighted by Gasteiger charge is -2.21. The standard InChI is InChI=1S/C17H19N3O4S/c1-2-8-20(16(24)12-6-4-3-5-7-12)10-14(21)19-17-18-13(11-25-17)9-15(22)23/h3-7,11H,2,8-10H2,1H3,(H,22,23)(H,18,19,21)/p-1. The number of benzene rings is 1. The van der Waals surface area contributed by atoms with Gasteiger partial charge in [0.2, 0.25) is 5.91 Å². The van der Waals surface area contributed by atoms with Crippen LogP contribution in [0.5, 0.6) is 0 Å². The third-order valence-electron chi connectivity index (χ3n) is 3.26. The normalized spacial score (nSPS) is 10.3. The van der Waals surface area contributed by atoms with Gasteiger partial charge in [-0.15, -0.1) is 11.3 Å². The molecule has 0 bridgehead atoms. The molecule has 2 amide bonds. The molecule has 0 radical (unpaired) electrons. The number of rotatable bonds is 8. The van der Waals surface area contributed by atoms with Gasteiger partial charge >= 0.3 is 0 Å². The number of nitrogens with zero attached hydrogens (tertiary/aromatic N) is 2. The molecule has 25 heavy (non-hydrogen) atoms. The molecule has 2 rings (SSSR count). The lowest BCUT2D eigenvalue weighted by molar-refractivity contribution is -0.304. The highest BCUT2D eigenvalue weighted by Gasteiger charge is 2.18. The van der Waals surface area contributed by atoms with E-state index in [0.717, 1.165) is 17.8 Å². The van der Waals surface area contributed by atoms with E-state index in [1.165, 1.54) is 4.90 Å². The Bertz CT molecular complexity index is 745. The lowest BCUT2D eigenvalue weighted by Crippen LogP contribution is -2.38. The second-order valence-electron chi connectivity index (χ2n) is 5.33. The van der Waals surface area contributed by atoms with Gasteiger partial charge in [-0.3, -0.25) is 9.59 Å². The van der Waals surface area contributed by atoms with Gasteiger partial charge in [0.1, 0.15) is 6.54 Å². The molecule has 2 aromatic rings. The summed E-state index contributed by atoms with van der Waals surface area (Å²) in [6.45, 7) is 2.28. The molecule has 0 aliphatic heterocycles. The summed E-state index contributed by atoms with van der Waals surface area (Å²) in [7, 11) is 0. The summed E-state index contributed by atoms with van der Waals surface area (Å²) in [5.41, 5.74) is 0.848. The van der Waals surface area contributed by atoms with E-state index < -0.39 is 5.97 Å². The van der Waals surface area contributed by atoms with E-state index >= 15 is 0 Å². The third-order valence-corrected chi connectivity index (χ3v) is 4.07. The first-order chi connectivity index (χ1) is 12.0. The summed E-state index contributed by atoms with van der Waals surface area (Å²) in [6.07, 6.45) is 0.416. The molecular formula is C17H18N3O4S-. The van der Waals surface area contributed by atoms with E-state index in [1.54, 1.807) is 29.6 Å². The van der Waals surface area contributed by atoms with Crippen molar-refractivity contribution < 1.29 is 19.5 Å². The number of hydrogen-bond donors (Lipinski definition) is 1. The molecule has 0 aliphatic carbocycles. The Hall–Kier alpha value is -2.74. The predicted molar refractivity (Wildman–Crippen MR) is 92.1 cm³/mol. The number of thiazole rings is 1. The lowest BCUT2D eigenvalue weighted by atomic mass is 10.2. The number of carbonyl (C=O) groups is 3. The molecular weight excluding hydrogens is 342 g/mol. The summed E-state index contributed by atoms with van der Waals surface area (Å²) >= 11 is 1.13. The van der Waals surface area contributed by atoms with Crippen molar-refractivity contribution in [2.24, 2.45) is 0 Å². The summed E-state index contributed by atoms with van der Waals surface area (Å²) in [5.74, 6) is -1.83. The van der Waals surface area contributed by atoms with E-state index in [1.807, 2.05) is 13.0 Å². The van der Waals surface area contributed by atoms with Crippen molar-refractivity contribution in [1.29, 1.82) is 0 Å². The zero-order valence-corrected chi connectivity index (χ0v) is 14.5. The molecule has 0 saturated heterocycles. The number of carbonyl (C=O) groups excluding carboxylic acids is 3. The molecule has 1 N–H and O–H groups in total. The maximum Gasteiger partial charge on any atom is 0.254 e. The highest BCUT2D eigenvalue weighted by atomic mass is 32.1. The quantitative estimate of drug-likeness (QED) is 0.754. The van der Waals surface area contributed by atoms with Gasteiger partial charge in [0.05, 0.1) is 5.69 Å². The topological polar surface area (TPSA) is 102 Å². The van der Waals surface area contributed by atoms with E-state index in [0.29, 0.717) is 22.9 Å². The minimum Gasteiger partial charge on any atom is -0.550 e. The zero-order valence-electron chi connectivity index (χ0n) is 13.7. The molecule has 1 aromatic heterocycles. The van der Waals surface area contributed by atoms with Gasteiger partial charge in [-0.05, 0) is 18.6 Å². The average Bonchev–Trinajstić information content (AvgIpc) is 3.00. The Kier molecular flexibility index (Phi) is 6.64. The molecule has 0 fully saturated rings. The second kappa shape index (κ2) is 8.93.